The second-order valence-corrected chi connectivity index (χ2v) is 4.43. The van der Waals surface area contributed by atoms with E-state index in [-0.39, 0.29) is 5.69 Å². The van der Waals surface area contributed by atoms with Crippen LogP contribution in [0.15, 0.2) is 41.0 Å². The number of carboxylic acids is 1. The summed E-state index contributed by atoms with van der Waals surface area (Å²) < 4.78 is 2.32. The summed E-state index contributed by atoms with van der Waals surface area (Å²) in [6.45, 7) is 0. The largest absolute Gasteiger partial charge is 0.477 e. The molecule has 5 heteroatoms. The Bertz CT molecular complexity index is 551. The third kappa shape index (κ3) is 1.99. The van der Waals surface area contributed by atoms with Gasteiger partial charge in [0.1, 0.15) is 5.69 Å². The molecule has 0 saturated heterocycles. The molecule has 2 rings (SSSR count). The van der Waals surface area contributed by atoms with E-state index in [1.54, 1.807) is 41.1 Å². The lowest BCUT2D eigenvalue weighted by Crippen LogP contribution is -2.05. The second-order valence-electron chi connectivity index (χ2n) is 3.17. The number of nitrogens with zero attached hydrogens (tertiary/aromatic N) is 1. The average Bonchev–Trinajstić information content (AvgIpc) is 2.71. The van der Waals surface area contributed by atoms with E-state index in [9.17, 15) is 4.79 Å². The van der Waals surface area contributed by atoms with Gasteiger partial charge >= 0.3 is 5.97 Å². The van der Waals surface area contributed by atoms with Crippen LogP contribution in [0.25, 0.3) is 5.69 Å². The molecule has 1 aromatic carbocycles. The highest BCUT2D eigenvalue weighted by atomic mass is 79.9. The number of benzene rings is 1. The zero-order valence-corrected chi connectivity index (χ0v) is 10.4. The van der Waals surface area contributed by atoms with E-state index in [2.05, 4.69) is 15.9 Å². The summed E-state index contributed by atoms with van der Waals surface area (Å²) in [5, 5.41) is 9.57. The molecule has 0 aliphatic rings. The lowest BCUT2D eigenvalue weighted by Gasteiger charge is -2.07. The van der Waals surface area contributed by atoms with Gasteiger partial charge in [-0.1, -0.05) is 11.6 Å². The number of hydrogen-bond donors (Lipinski definition) is 1. The number of aromatic nitrogens is 1. The Labute approximate surface area is 105 Å². The highest BCUT2D eigenvalue weighted by molar-refractivity contribution is 9.10. The van der Waals surface area contributed by atoms with E-state index in [1.807, 2.05) is 0 Å². The molecule has 0 aliphatic heterocycles. The molecule has 0 bridgehead atoms. The van der Waals surface area contributed by atoms with Crippen LogP contribution in [-0.2, 0) is 0 Å². The molecule has 0 fully saturated rings. The quantitative estimate of drug-likeness (QED) is 0.921. The van der Waals surface area contributed by atoms with Crippen molar-refractivity contribution >= 4 is 33.5 Å². The van der Waals surface area contributed by atoms with Crippen LogP contribution < -0.4 is 0 Å². The molecule has 0 unspecified atom stereocenters. The predicted octanol–water partition coefficient (Wildman–Crippen LogP) is 3.59. The monoisotopic (exact) mass is 299 g/mol. The molecule has 3 nitrogen and oxygen atoms in total. The lowest BCUT2D eigenvalue weighted by atomic mass is 10.3. The first-order valence-electron chi connectivity index (χ1n) is 4.45. The highest BCUT2D eigenvalue weighted by Crippen LogP contribution is 2.25. The fourth-order valence-electron chi connectivity index (χ4n) is 1.42. The van der Waals surface area contributed by atoms with Crippen molar-refractivity contribution < 1.29 is 9.90 Å². The SMILES string of the molecule is O=C(O)c1cccn1-c1ccc(Cl)c(Br)c1. The van der Waals surface area contributed by atoms with Gasteiger partial charge < -0.3 is 9.67 Å². The van der Waals surface area contributed by atoms with E-state index >= 15 is 0 Å². The number of hydrogen-bond acceptors (Lipinski definition) is 1. The Balaban J connectivity index is 2.54. The van der Waals surface area contributed by atoms with Crippen LogP contribution in [0, 0.1) is 0 Å². The fourth-order valence-corrected chi connectivity index (χ4v) is 1.90. The van der Waals surface area contributed by atoms with Gasteiger partial charge in [0.05, 0.1) is 5.02 Å². The lowest BCUT2D eigenvalue weighted by molar-refractivity contribution is 0.0688. The summed E-state index contributed by atoms with van der Waals surface area (Å²) in [5.74, 6) is -0.962. The smallest absolute Gasteiger partial charge is 0.352 e. The molecule has 0 saturated carbocycles. The normalized spacial score (nSPS) is 10.4. The zero-order chi connectivity index (χ0) is 11.7. The molecule has 0 amide bonds. The Morgan fingerprint density at radius 2 is 2.12 bits per heavy atom. The number of aromatic carboxylic acids is 1. The average molecular weight is 301 g/mol. The van der Waals surface area contributed by atoms with Crippen molar-refractivity contribution in [1.82, 2.24) is 4.57 Å². The van der Waals surface area contributed by atoms with Gasteiger partial charge in [-0.2, -0.15) is 0 Å². The summed E-state index contributed by atoms with van der Waals surface area (Å²) in [6, 6.07) is 8.48. The molecule has 2 aromatic rings. The van der Waals surface area contributed by atoms with Crippen LogP contribution in [0.2, 0.25) is 5.02 Å². The van der Waals surface area contributed by atoms with Gasteiger partial charge in [-0.3, -0.25) is 0 Å². The molecule has 0 atom stereocenters. The number of carbonyl (C=O) groups is 1. The first kappa shape index (κ1) is 11.2. The van der Waals surface area contributed by atoms with E-state index in [4.69, 9.17) is 16.7 Å². The molecule has 1 aromatic heterocycles. The van der Waals surface area contributed by atoms with Crippen molar-refractivity contribution in [2.24, 2.45) is 0 Å². The van der Waals surface area contributed by atoms with Gasteiger partial charge in [-0.15, -0.1) is 0 Å². The molecule has 16 heavy (non-hydrogen) atoms. The third-order valence-corrected chi connectivity index (χ3v) is 3.36. The minimum absolute atomic E-state index is 0.217. The number of carboxylic acid groups (broad SMARTS) is 1. The molecule has 1 N–H and O–H groups in total. The summed E-state index contributed by atoms with van der Waals surface area (Å²) in [7, 11) is 0. The first-order chi connectivity index (χ1) is 7.59. The van der Waals surface area contributed by atoms with Gasteiger partial charge in [-0.05, 0) is 46.3 Å². The molecular weight excluding hydrogens is 293 g/mol. The van der Waals surface area contributed by atoms with Gasteiger partial charge in [0.15, 0.2) is 0 Å². The highest BCUT2D eigenvalue weighted by Gasteiger charge is 2.10. The van der Waals surface area contributed by atoms with E-state index in [0.29, 0.717) is 5.02 Å². The molecule has 1 heterocycles. The first-order valence-corrected chi connectivity index (χ1v) is 5.63. The van der Waals surface area contributed by atoms with E-state index in [1.165, 1.54) is 0 Å². The molecule has 82 valence electrons. The minimum atomic E-state index is -0.962. The number of halogens is 2. The van der Waals surface area contributed by atoms with Crippen molar-refractivity contribution in [3.63, 3.8) is 0 Å². The van der Waals surface area contributed by atoms with Gasteiger partial charge in [0, 0.05) is 16.4 Å². The number of rotatable bonds is 2. The van der Waals surface area contributed by atoms with Gasteiger partial charge in [0.2, 0.25) is 0 Å². The van der Waals surface area contributed by atoms with Crippen LogP contribution in [0.3, 0.4) is 0 Å². The van der Waals surface area contributed by atoms with Crippen LogP contribution in [0.4, 0.5) is 0 Å². The van der Waals surface area contributed by atoms with Gasteiger partial charge in [0.25, 0.3) is 0 Å². The fraction of sp³-hybridized carbons (Fsp3) is 0. The van der Waals surface area contributed by atoms with Crippen LogP contribution in [0.1, 0.15) is 10.5 Å². The van der Waals surface area contributed by atoms with Crippen LogP contribution >= 0.6 is 27.5 Å². The van der Waals surface area contributed by atoms with E-state index < -0.39 is 5.97 Å². The maximum atomic E-state index is 10.9. The van der Waals surface area contributed by atoms with Crippen molar-refractivity contribution in [2.75, 3.05) is 0 Å². The molecule has 0 aliphatic carbocycles. The molecular formula is C11H7BrClNO2. The Morgan fingerprint density at radius 1 is 1.38 bits per heavy atom. The maximum Gasteiger partial charge on any atom is 0.352 e. The zero-order valence-electron chi connectivity index (χ0n) is 8.02. The second kappa shape index (κ2) is 4.31. The minimum Gasteiger partial charge on any atom is -0.477 e. The van der Waals surface area contributed by atoms with Gasteiger partial charge in [-0.25, -0.2) is 4.79 Å². The van der Waals surface area contributed by atoms with E-state index in [0.717, 1.165) is 10.2 Å². The molecule has 0 radical (unpaired) electrons. The Kier molecular flexibility index (Phi) is 3.03. The summed E-state index contributed by atoms with van der Waals surface area (Å²) in [5.41, 5.74) is 0.966. The summed E-state index contributed by atoms with van der Waals surface area (Å²) >= 11 is 9.17. The maximum absolute atomic E-state index is 10.9. The van der Waals surface area contributed by atoms with Crippen LogP contribution in [0.5, 0.6) is 0 Å². The van der Waals surface area contributed by atoms with Crippen molar-refractivity contribution in [1.29, 1.82) is 0 Å². The predicted molar refractivity (Wildman–Crippen MR) is 65.4 cm³/mol. The summed E-state index contributed by atoms with van der Waals surface area (Å²) in [6.07, 6.45) is 1.69. The van der Waals surface area contributed by atoms with Crippen molar-refractivity contribution in [3.8, 4) is 5.69 Å². The summed E-state index contributed by atoms with van der Waals surface area (Å²) in [4.78, 5) is 10.9. The molecule has 0 spiro atoms. The Morgan fingerprint density at radius 3 is 2.75 bits per heavy atom. The Hall–Kier alpha value is -1.26. The van der Waals surface area contributed by atoms with Crippen molar-refractivity contribution in [3.05, 3.63) is 51.7 Å². The van der Waals surface area contributed by atoms with Crippen molar-refractivity contribution in [2.45, 2.75) is 0 Å². The van der Waals surface area contributed by atoms with Crippen LogP contribution in [-0.4, -0.2) is 15.6 Å². The third-order valence-electron chi connectivity index (χ3n) is 2.15. The standard InChI is InChI=1S/C11H7BrClNO2/c12-8-6-7(3-4-9(8)13)14-5-1-2-10(14)11(15)16/h1-6H,(H,15,16). The topological polar surface area (TPSA) is 42.2 Å².